The monoisotopic (exact) mass is 486 g/mol. The molecule has 0 spiro atoms. The number of aromatic nitrogens is 1. The maximum absolute atomic E-state index is 13.8. The molecule has 1 amide bonds. The van der Waals surface area contributed by atoms with Gasteiger partial charge in [0, 0.05) is 36.1 Å². The number of nitrogens with one attached hydrogen (secondary N) is 1. The molecule has 3 aromatic carbocycles. The first-order chi connectivity index (χ1) is 17.4. The molecule has 0 aliphatic carbocycles. The number of rotatable bonds is 9. The lowest BCUT2D eigenvalue weighted by Gasteiger charge is -2.24. The van der Waals surface area contributed by atoms with Crippen LogP contribution in [-0.4, -0.2) is 53.8 Å². The number of likely N-dealkylation sites (N-methyl/N-ethyl adjacent to an activating group) is 1. The molecule has 0 aliphatic rings. The Hall–Kier alpha value is -3.97. The smallest absolute Gasteiger partial charge is 0.227 e. The number of aliphatic imine (C=N–C) groups is 1. The minimum Gasteiger partial charge on any atom is -0.494 e. The Balaban J connectivity index is 1.75. The lowest BCUT2D eigenvalue weighted by molar-refractivity contribution is -0.118. The number of anilines is 1. The van der Waals surface area contributed by atoms with E-state index in [4.69, 9.17) is 4.99 Å². The summed E-state index contributed by atoms with van der Waals surface area (Å²) in [6, 6.07) is 21.4. The summed E-state index contributed by atoms with van der Waals surface area (Å²) >= 11 is 0. The highest BCUT2D eigenvalue weighted by Crippen LogP contribution is 2.32. The topological polar surface area (TPSA) is 71.9 Å². The maximum Gasteiger partial charge on any atom is 0.227 e. The Bertz CT molecular complexity index is 1360. The van der Waals surface area contributed by atoms with Crippen molar-refractivity contribution in [2.24, 2.45) is 4.99 Å². The van der Waals surface area contributed by atoms with E-state index >= 15 is 0 Å². The van der Waals surface area contributed by atoms with Gasteiger partial charge in [0.1, 0.15) is 5.82 Å². The van der Waals surface area contributed by atoms with E-state index in [9.17, 15) is 14.3 Å². The Morgan fingerprint density at radius 2 is 1.72 bits per heavy atom. The fourth-order valence-electron chi connectivity index (χ4n) is 4.14. The van der Waals surface area contributed by atoms with Crippen LogP contribution >= 0.6 is 0 Å². The summed E-state index contributed by atoms with van der Waals surface area (Å²) in [5.74, 6) is -0.369. The summed E-state index contributed by atoms with van der Waals surface area (Å²) in [7, 11) is 3.97. The lowest BCUT2D eigenvalue weighted by Crippen LogP contribution is -2.36. The van der Waals surface area contributed by atoms with Gasteiger partial charge in [-0.15, -0.1) is 0 Å². The van der Waals surface area contributed by atoms with Crippen LogP contribution in [-0.2, 0) is 4.79 Å². The van der Waals surface area contributed by atoms with Gasteiger partial charge in [-0.2, -0.15) is 0 Å². The second kappa shape index (κ2) is 11.2. The van der Waals surface area contributed by atoms with Crippen LogP contribution in [0, 0.1) is 5.82 Å². The first-order valence-electron chi connectivity index (χ1n) is 12.1. The van der Waals surface area contributed by atoms with Gasteiger partial charge in [-0.1, -0.05) is 37.3 Å². The van der Waals surface area contributed by atoms with Gasteiger partial charge in [-0.05, 0) is 63.0 Å². The molecular weight excluding hydrogens is 455 g/mol. The number of nitrogens with zero attached hydrogens (tertiary/aromatic N) is 3. The van der Waals surface area contributed by atoms with Crippen molar-refractivity contribution in [1.29, 1.82) is 0 Å². The molecule has 4 aromatic rings. The number of carbonyl (C=O) groups excluding carboxylic acids is 1. The second-order valence-corrected chi connectivity index (χ2v) is 8.98. The number of benzene rings is 3. The van der Waals surface area contributed by atoms with Crippen molar-refractivity contribution >= 4 is 33.9 Å². The van der Waals surface area contributed by atoms with Crippen molar-refractivity contribution in [2.45, 2.75) is 19.8 Å². The number of H-pyrrole nitrogens is 1. The van der Waals surface area contributed by atoms with E-state index in [1.807, 2.05) is 80.5 Å². The van der Waals surface area contributed by atoms with Crippen LogP contribution in [0.4, 0.5) is 15.8 Å². The average Bonchev–Trinajstić information content (AvgIpc) is 3.18. The Kier molecular flexibility index (Phi) is 7.80. The number of amides is 1. The fourth-order valence-corrected chi connectivity index (χ4v) is 4.14. The first-order valence-corrected chi connectivity index (χ1v) is 12.1. The van der Waals surface area contributed by atoms with Gasteiger partial charge < -0.3 is 19.9 Å². The summed E-state index contributed by atoms with van der Waals surface area (Å²) in [5.41, 5.74) is 3.86. The van der Waals surface area contributed by atoms with Crippen molar-refractivity contribution in [3.8, 4) is 5.88 Å². The molecule has 1 aromatic heterocycles. The largest absolute Gasteiger partial charge is 0.494 e. The van der Waals surface area contributed by atoms with E-state index in [2.05, 4.69) is 9.88 Å². The van der Waals surface area contributed by atoms with Gasteiger partial charge in [0.05, 0.1) is 22.5 Å². The molecule has 0 fully saturated rings. The van der Waals surface area contributed by atoms with Crippen LogP contribution in [0.2, 0.25) is 0 Å². The molecule has 2 N–H and O–H groups in total. The van der Waals surface area contributed by atoms with Gasteiger partial charge in [0.2, 0.25) is 5.91 Å². The zero-order valence-corrected chi connectivity index (χ0v) is 20.8. The molecule has 0 unspecified atom stereocenters. The highest BCUT2D eigenvalue weighted by Gasteiger charge is 2.19. The molecule has 36 heavy (non-hydrogen) atoms. The summed E-state index contributed by atoms with van der Waals surface area (Å²) in [5, 5.41) is 11.4. The molecule has 7 heteroatoms. The van der Waals surface area contributed by atoms with Crippen molar-refractivity contribution in [3.05, 3.63) is 89.7 Å². The minimum atomic E-state index is -0.388. The van der Waals surface area contributed by atoms with Gasteiger partial charge in [0.15, 0.2) is 5.88 Å². The minimum absolute atomic E-state index is 0.0742. The van der Waals surface area contributed by atoms with Gasteiger partial charge >= 0.3 is 0 Å². The normalized spacial score (nSPS) is 11.9. The fraction of sp³-hybridized carbons (Fsp3) is 0.241. The van der Waals surface area contributed by atoms with E-state index in [0.717, 1.165) is 24.2 Å². The number of aromatic hydroxyl groups is 1. The van der Waals surface area contributed by atoms with Gasteiger partial charge in [-0.25, -0.2) is 9.38 Å². The molecule has 0 bridgehead atoms. The summed E-state index contributed by atoms with van der Waals surface area (Å²) in [6.45, 7) is 3.36. The Morgan fingerprint density at radius 1 is 1.00 bits per heavy atom. The zero-order chi connectivity index (χ0) is 25.7. The predicted molar refractivity (Wildman–Crippen MR) is 144 cm³/mol. The number of aromatic amines is 1. The first kappa shape index (κ1) is 25.1. The number of hydrogen-bond acceptors (Lipinski definition) is 4. The van der Waals surface area contributed by atoms with Crippen molar-refractivity contribution in [1.82, 2.24) is 9.88 Å². The van der Waals surface area contributed by atoms with Crippen molar-refractivity contribution in [2.75, 3.05) is 32.1 Å². The van der Waals surface area contributed by atoms with Crippen molar-refractivity contribution in [3.63, 3.8) is 0 Å². The van der Waals surface area contributed by atoms with E-state index < -0.39 is 0 Å². The van der Waals surface area contributed by atoms with Crippen LogP contribution in [0.25, 0.3) is 10.9 Å². The van der Waals surface area contributed by atoms with Crippen LogP contribution in [0.15, 0.2) is 77.8 Å². The van der Waals surface area contributed by atoms with E-state index in [1.165, 1.54) is 12.1 Å². The molecule has 4 rings (SSSR count). The van der Waals surface area contributed by atoms with E-state index in [-0.39, 0.29) is 17.6 Å². The molecule has 0 atom stereocenters. The van der Waals surface area contributed by atoms with E-state index in [0.29, 0.717) is 40.8 Å². The molecule has 0 aliphatic heterocycles. The molecule has 1 heterocycles. The molecule has 0 radical (unpaired) electrons. The summed E-state index contributed by atoms with van der Waals surface area (Å²) < 4.78 is 13.8. The second-order valence-electron chi connectivity index (χ2n) is 8.98. The lowest BCUT2D eigenvalue weighted by atomic mass is 10.0. The molecular formula is C29H31FN4O2. The summed E-state index contributed by atoms with van der Waals surface area (Å²) in [6.07, 6.45) is 1.28. The third-order valence-corrected chi connectivity index (χ3v) is 5.96. The third kappa shape index (κ3) is 5.63. The standard InChI is InChI=1S/C29H31FN4O2/c1-4-8-26(35)34(18-17-33(2)3)23-14-12-22(13-15-23)31-28(20-9-6-5-7-10-20)27-24-16-11-21(30)19-25(24)32-29(27)36/h5-7,9-16,19,32,36H,4,8,17-18H2,1-3H3. The van der Waals surface area contributed by atoms with Gasteiger partial charge in [0.25, 0.3) is 0 Å². The molecule has 6 nitrogen and oxygen atoms in total. The van der Waals surface area contributed by atoms with Crippen LogP contribution in [0.5, 0.6) is 5.88 Å². The van der Waals surface area contributed by atoms with Crippen LogP contribution < -0.4 is 4.90 Å². The third-order valence-electron chi connectivity index (χ3n) is 5.96. The van der Waals surface area contributed by atoms with Gasteiger partial charge in [-0.3, -0.25) is 4.79 Å². The zero-order valence-electron chi connectivity index (χ0n) is 20.8. The highest BCUT2D eigenvalue weighted by molar-refractivity contribution is 6.21. The highest BCUT2D eigenvalue weighted by atomic mass is 19.1. The number of hydrogen-bond donors (Lipinski definition) is 2. The summed E-state index contributed by atoms with van der Waals surface area (Å²) in [4.78, 5) is 24.4. The van der Waals surface area contributed by atoms with Crippen LogP contribution in [0.1, 0.15) is 30.9 Å². The SMILES string of the molecule is CCCC(=O)N(CCN(C)C)c1ccc(N=C(c2ccccc2)c2c(O)[nH]c3cc(F)ccc23)cc1. The molecule has 186 valence electrons. The quantitative estimate of drug-likeness (QED) is 0.290. The van der Waals surface area contributed by atoms with E-state index in [1.54, 1.807) is 6.07 Å². The molecule has 0 saturated heterocycles. The van der Waals surface area contributed by atoms with Crippen molar-refractivity contribution < 1.29 is 14.3 Å². The Morgan fingerprint density at radius 3 is 2.39 bits per heavy atom. The average molecular weight is 487 g/mol. The predicted octanol–water partition coefficient (Wildman–Crippen LogP) is 5.88. The maximum atomic E-state index is 13.8. The van der Waals surface area contributed by atoms with Crippen LogP contribution in [0.3, 0.4) is 0 Å². The number of carbonyl (C=O) groups is 1. The number of halogens is 1. The Labute approximate surface area is 210 Å². The molecule has 0 saturated carbocycles. The number of fused-ring (bicyclic) bond motifs is 1.